The number of halogens is 1. The molecule has 0 amide bonds. The Bertz CT molecular complexity index is 493. The first kappa shape index (κ1) is 12.5. The van der Waals surface area contributed by atoms with Crippen LogP contribution in [0.4, 0.5) is 0 Å². The highest BCUT2D eigenvalue weighted by atomic mass is 35.5. The van der Waals surface area contributed by atoms with E-state index in [1.807, 2.05) is 21.0 Å². The minimum absolute atomic E-state index is 0.120. The maximum atomic E-state index is 6.22. The minimum Gasteiger partial charge on any atom is -0.311 e. The molecule has 92 valence electrons. The van der Waals surface area contributed by atoms with Crippen molar-refractivity contribution < 1.29 is 0 Å². The highest BCUT2D eigenvalue weighted by Crippen LogP contribution is 2.24. The number of hydrogen-bond acceptors (Lipinski definition) is 5. The zero-order chi connectivity index (χ0) is 12.4. The Labute approximate surface area is 109 Å². The zero-order valence-electron chi connectivity index (χ0n) is 9.94. The van der Waals surface area contributed by atoms with Crippen molar-refractivity contribution in [1.82, 2.24) is 23.8 Å². The molecule has 1 unspecified atom stereocenters. The maximum absolute atomic E-state index is 6.22. The lowest BCUT2D eigenvalue weighted by molar-refractivity contribution is 0.579. The summed E-state index contributed by atoms with van der Waals surface area (Å²) in [5.74, 6) is 0. The van der Waals surface area contributed by atoms with Crippen LogP contribution in [0.25, 0.3) is 0 Å². The van der Waals surface area contributed by atoms with Gasteiger partial charge in [0, 0.05) is 12.6 Å². The summed E-state index contributed by atoms with van der Waals surface area (Å²) in [6, 6.07) is 0.120. The fourth-order valence-electron chi connectivity index (χ4n) is 1.79. The molecule has 0 fully saturated rings. The normalized spacial score (nSPS) is 12.9. The van der Waals surface area contributed by atoms with E-state index >= 15 is 0 Å². The third kappa shape index (κ3) is 2.48. The van der Waals surface area contributed by atoms with Gasteiger partial charge in [-0.2, -0.15) is 13.8 Å². The summed E-state index contributed by atoms with van der Waals surface area (Å²) >= 11 is 7.43. The van der Waals surface area contributed by atoms with Crippen molar-refractivity contribution in [2.24, 2.45) is 7.05 Å². The Hall–Kier alpha value is -0.980. The van der Waals surface area contributed by atoms with Crippen molar-refractivity contribution in [3.05, 3.63) is 28.3 Å². The lowest BCUT2D eigenvalue weighted by Crippen LogP contribution is -2.19. The molecule has 2 rings (SSSR count). The molecule has 0 aromatic carbocycles. The predicted molar refractivity (Wildman–Crippen MR) is 68.4 cm³/mol. The first-order valence-electron chi connectivity index (χ1n) is 5.26. The van der Waals surface area contributed by atoms with Gasteiger partial charge in [0.25, 0.3) is 0 Å². The van der Waals surface area contributed by atoms with Crippen LogP contribution in [-0.4, -0.2) is 25.6 Å². The average Bonchev–Trinajstić information content (AvgIpc) is 2.89. The molecule has 0 spiro atoms. The van der Waals surface area contributed by atoms with Crippen molar-refractivity contribution >= 4 is 23.3 Å². The largest absolute Gasteiger partial charge is 0.311 e. The van der Waals surface area contributed by atoms with Crippen LogP contribution >= 0.6 is 23.3 Å². The van der Waals surface area contributed by atoms with Crippen LogP contribution in [0.2, 0.25) is 5.15 Å². The molecule has 2 aromatic heterocycles. The van der Waals surface area contributed by atoms with Gasteiger partial charge in [-0.3, -0.25) is 4.68 Å². The molecule has 2 aromatic rings. The van der Waals surface area contributed by atoms with Gasteiger partial charge in [0.15, 0.2) is 0 Å². The topological polar surface area (TPSA) is 55.6 Å². The molecule has 17 heavy (non-hydrogen) atoms. The van der Waals surface area contributed by atoms with E-state index < -0.39 is 0 Å². The van der Waals surface area contributed by atoms with Gasteiger partial charge in [0.05, 0.1) is 35.4 Å². The molecule has 0 radical (unpaired) electrons. The van der Waals surface area contributed by atoms with Crippen molar-refractivity contribution in [2.75, 3.05) is 7.05 Å². The number of nitrogens with one attached hydrogen (secondary N) is 1. The highest BCUT2D eigenvalue weighted by Gasteiger charge is 2.18. The van der Waals surface area contributed by atoms with E-state index in [4.69, 9.17) is 11.6 Å². The van der Waals surface area contributed by atoms with Crippen molar-refractivity contribution in [1.29, 1.82) is 0 Å². The number of aryl methyl sites for hydroxylation is 2. The van der Waals surface area contributed by atoms with Crippen LogP contribution in [-0.2, 0) is 13.5 Å². The molecule has 0 saturated heterocycles. The van der Waals surface area contributed by atoms with Gasteiger partial charge < -0.3 is 5.32 Å². The lowest BCUT2D eigenvalue weighted by atomic mass is 10.1. The molecule has 0 aliphatic heterocycles. The van der Waals surface area contributed by atoms with E-state index in [2.05, 4.69) is 19.2 Å². The Balaban J connectivity index is 2.24. The van der Waals surface area contributed by atoms with E-state index in [0.717, 1.165) is 23.4 Å². The van der Waals surface area contributed by atoms with Crippen LogP contribution in [0.3, 0.4) is 0 Å². The van der Waals surface area contributed by atoms with Crippen molar-refractivity contribution in [3.63, 3.8) is 0 Å². The minimum atomic E-state index is 0.120. The molecule has 5 nitrogen and oxygen atoms in total. The molecular formula is C10H14ClN5S. The smallest absolute Gasteiger partial charge is 0.130 e. The molecular weight excluding hydrogens is 258 g/mol. The fourth-order valence-corrected chi connectivity index (χ4v) is 2.51. The Morgan fingerprint density at radius 2 is 2.35 bits per heavy atom. The summed E-state index contributed by atoms with van der Waals surface area (Å²) in [6.45, 7) is 1.97. The number of nitrogens with zero attached hydrogens (tertiary/aromatic N) is 4. The van der Waals surface area contributed by atoms with Gasteiger partial charge in [0.2, 0.25) is 0 Å². The molecule has 0 bridgehead atoms. The first-order valence-corrected chi connectivity index (χ1v) is 6.37. The molecule has 0 aliphatic rings. The Morgan fingerprint density at radius 3 is 2.82 bits per heavy atom. The second-order valence-corrected chi connectivity index (χ2v) is 4.77. The summed E-state index contributed by atoms with van der Waals surface area (Å²) in [7, 11) is 3.75. The number of hydrogen-bond donors (Lipinski definition) is 1. The van der Waals surface area contributed by atoms with Gasteiger partial charge >= 0.3 is 0 Å². The average molecular weight is 272 g/mol. The van der Waals surface area contributed by atoms with Gasteiger partial charge in [-0.25, -0.2) is 0 Å². The molecule has 0 aliphatic carbocycles. The van der Waals surface area contributed by atoms with Crippen molar-refractivity contribution in [2.45, 2.75) is 19.4 Å². The first-order chi connectivity index (χ1) is 8.13. The lowest BCUT2D eigenvalue weighted by Gasteiger charge is -2.12. The summed E-state index contributed by atoms with van der Waals surface area (Å²) in [5, 5.41) is 8.21. The van der Waals surface area contributed by atoms with E-state index in [-0.39, 0.29) is 6.04 Å². The second kappa shape index (κ2) is 5.12. The second-order valence-electron chi connectivity index (χ2n) is 3.86. The van der Waals surface area contributed by atoms with Gasteiger partial charge in [-0.15, -0.1) is 0 Å². The van der Waals surface area contributed by atoms with Crippen LogP contribution in [0, 0.1) is 6.92 Å². The number of aromatic nitrogens is 4. The van der Waals surface area contributed by atoms with Crippen LogP contribution in [0.5, 0.6) is 0 Å². The molecule has 2 heterocycles. The third-order valence-corrected chi connectivity index (χ3v) is 3.73. The quantitative estimate of drug-likeness (QED) is 0.920. The van der Waals surface area contributed by atoms with Gasteiger partial charge in [-0.1, -0.05) is 11.6 Å². The van der Waals surface area contributed by atoms with Crippen LogP contribution in [0.1, 0.15) is 23.0 Å². The van der Waals surface area contributed by atoms with E-state index in [9.17, 15) is 0 Å². The standard InChI is InChI=1S/C10H14ClN5S/c1-6-7(10(11)16(3)14-6)4-8(12-2)9-5-13-17-15-9/h5,8,12H,4H2,1-3H3. The third-order valence-electron chi connectivity index (χ3n) is 2.76. The Kier molecular flexibility index (Phi) is 3.76. The predicted octanol–water partition coefficient (Wildman–Crippen LogP) is 1.74. The van der Waals surface area contributed by atoms with Gasteiger partial charge in [-0.05, 0) is 20.4 Å². The molecule has 7 heteroatoms. The number of rotatable bonds is 4. The van der Waals surface area contributed by atoms with Crippen molar-refractivity contribution in [3.8, 4) is 0 Å². The van der Waals surface area contributed by atoms with E-state index in [1.165, 1.54) is 11.7 Å². The van der Waals surface area contributed by atoms with Crippen LogP contribution < -0.4 is 5.32 Å². The Morgan fingerprint density at radius 1 is 1.59 bits per heavy atom. The molecule has 0 saturated carbocycles. The SMILES string of the molecule is CNC(Cc1c(C)nn(C)c1Cl)c1cnsn1. The summed E-state index contributed by atoms with van der Waals surface area (Å²) < 4.78 is 9.96. The van der Waals surface area contributed by atoms with E-state index in [1.54, 1.807) is 10.9 Å². The fraction of sp³-hybridized carbons (Fsp3) is 0.500. The van der Waals surface area contributed by atoms with E-state index in [0.29, 0.717) is 5.15 Å². The summed E-state index contributed by atoms with van der Waals surface area (Å²) in [4.78, 5) is 0. The highest BCUT2D eigenvalue weighted by molar-refractivity contribution is 6.99. The number of likely N-dealkylation sites (N-methyl/N-ethyl adjacent to an activating group) is 1. The molecule has 1 N–H and O–H groups in total. The monoisotopic (exact) mass is 271 g/mol. The maximum Gasteiger partial charge on any atom is 0.130 e. The summed E-state index contributed by atoms with van der Waals surface area (Å²) in [5.41, 5.74) is 2.96. The van der Waals surface area contributed by atoms with Crippen LogP contribution in [0.15, 0.2) is 6.20 Å². The summed E-state index contributed by atoms with van der Waals surface area (Å²) in [6.07, 6.45) is 2.55. The zero-order valence-corrected chi connectivity index (χ0v) is 11.5. The molecule has 1 atom stereocenters. The van der Waals surface area contributed by atoms with Gasteiger partial charge in [0.1, 0.15) is 5.15 Å².